The third-order valence-electron chi connectivity index (χ3n) is 4.92. The van der Waals surface area contributed by atoms with E-state index in [1.165, 1.54) is 0 Å². The molecule has 21 heavy (non-hydrogen) atoms. The zero-order valence-corrected chi connectivity index (χ0v) is 12.3. The van der Waals surface area contributed by atoms with Crippen LogP contribution in [0.15, 0.2) is 30.3 Å². The van der Waals surface area contributed by atoms with Crippen molar-refractivity contribution in [3.63, 3.8) is 0 Å². The number of ether oxygens (including phenoxy) is 1. The van der Waals surface area contributed by atoms with Gasteiger partial charge in [-0.15, -0.1) is 0 Å². The maximum atomic E-state index is 11.9. The van der Waals surface area contributed by atoms with Gasteiger partial charge in [-0.25, -0.2) is 4.90 Å². The minimum absolute atomic E-state index is 0.254. The molecule has 0 bridgehead atoms. The van der Waals surface area contributed by atoms with E-state index >= 15 is 0 Å². The van der Waals surface area contributed by atoms with Crippen LogP contribution in [0.1, 0.15) is 19.4 Å². The maximum absolute atomic E-state index is 11.9. The molecule has 1 aliphatic heterocycles. The second kappa shape index (κ2) is 5.09. The lowest BCUT2D eigenvalue weighted by molar-refractivity contribution is -0.154. The Hall–Kier alpha value is -1.43. The zero-order valence-electron chi connectivity index (χ0n) is 12.3. The fourth-order valence-corrected chi connectivity index (χ4v) is 3.71. The smallest absolute Gasteiger partial charge is 0.310 e. The number of rotatable bonds is 4. The van der Waals surface area contributed by atoms with Crippen LogP contribution < -0.4 is 0 Å². The van der Waals surface area contributed by atoms with Gasteiger partial charge in [0.1, 0.15) is 12.5 Å². The minimum atomic E-state index is -0.841. The molecule has 2 aliphatic rings. The molecule has 0 radical (unpaired) electrons. The first-order valence-electron chi connectivity index (χ1n) is 7.34. The number of carbonyl (C=O) groups is 1. The number of piperidine rings is 1. The van der Waals surface area contributed by atoms with E-state index in [9.17, 15) is 15.0 Å². The molecule has 5 unspecified atom stereocenters. The highest BCUT2D eigenvalue weighted by atomic mass is 16.5. The highest BCUT2D eigenvalue weighted by molar-refractivity contribution is 5.78. The Balaban J connectivity index is 1.74. The van der Waals surface area contributed by atoms with Gasteiger partial charge in [-0.05, 0) is 12.5 Å². The molecule has 1 aromatic rings. The molecule has 5 nitrogen and oxygen atoms in total. The lowest BCUT2D eigenvalue weighted by Crippen LogP contribution is -2.43. The summed E-state index contributed by atoms with van der Waals surface area (Å²) >= 11 is 0. The summed E-state index contributed by atoms with van der Waals surface area (Å²) in [6.45, 7) is 4.38. The Labute approximate surface area is 124 Å². The van der Waals surface area contributed by atoms with Gasteiger partial charge >= 0.3 is 5.97 Å². The van der Waals surface area contributed by atoms with Gasteiger partial charge in [-0.2, -0.15) is 0 Å². The molecule has 3 rings (SSSR count). The van der Waals surface area contributed by atoms with E-state index in [0.717, 1.165) is 5.56 Å². The van der Waals surface area contributed by atoms with E-state index in [2.05, 4.69) is 0 Å². The Morgan fingerprint density at radius 1 is 1.33 bits per heavy atom. The van der Waals surface area contributed by atoms with E-state index in [1.807, 2.05) is 37.3 Å². The van der Waals surface area contributed by atoms with Crippen LogP contribution in [0.25, 0.3) is 0 Å². The quantitative estimate of drug-likeness (QED) is 0.809. The van der Waals surface area contributed by atoms with Gasteiger partial charge in [0.25, 0.3) is 0 Å². The van der Waals surface area contributed by atoms with Gasteiger partial charge in [0, 0.05) is 17.9 Å². The van der Waals surface area contributed by atoms with Crippen molar-refractivity contribution in [1.29, 1.82) is 0 Å². The van der Waals surface area contributed by atoms with E-state index in [0.29, 0.717) is 13.2 Å². The average Bonchev–Trinajstić information content (AvgIpc) is 3.07. The van der Waals surface area contributed by atoms with Crippen LogP contribution in [0.3, 0.4) is 0 Å². The second-order valence-corrected chi connectivity index (χ2v) is 6.07. The number of carbonyl (C=O) groups excluding carboxylic acids is 1. The van der Waals surface area contributed by atoms with Crippen molar-refractivity contribution in [3.05, 3.63) is 35.9 Å². The summed E-state index contributed by atoms with van der Waals surface area (Å²) in [5.41, 5.74) is 0.411. The van der Waals surface area contributed by atoms with Gasteiger partial charge in [0.2, 0.25) is 0 Å². The normalized spacial score (nSPS) is 38.1. The molecule has 2 fully saturated rings. The van der Waals surface area contributed by atoms with Crippen LogP contribution in [-0.2, 0) is 16.1 Å². The first-order valence-corrected chi connectivity index (χ1v) is 7.34. The molecule has 2 N–H and O–H groups in total. The van der Waals surface area contributed by atoms with Crippen LogP contribution >= 0.6 is 0 Å². The van der Waals surface area contributed by atoms with Crippen LogP contribution in [0, 0.1) is 17.3 Å². The van der Waals surface area contributed by atoms with Crippen molar-refractivity contribution in [2.24, 2.45) is 17.3 Å². The van der Waals surface area contributed by atoms with Crippen molar-refractivity contribution in [1.82, 2.24) is 4.90 Å². The maximum Gasteiger partial charge on any atom is 0.310 e. The van der Waals surface area contributed by atoms with Crippen LogP contribution in [0.4, 0.5) is 0 Å². The van der Waals surface area contributed by atoms with Crippen molar-refractivity contribution in [2.45, 2.75) is 32.8 Å². The van der Waals surface area contributed by atoms with Gasteiger partial charge in [0.15, 0.2) is 0 Å². The fourth-order valence-electron chi connectivity index (χ4n) is 3.71. The van der Waals surface area contributed by atoms with Crippen molar-refractivity contribution in [2.75, 3.05) is 6.61 Å². The van der Waals surface area contributed by atoms with Crippen LogP contribution in [-0.4, -0.2) is 40.1 Å². The molecule has 1 saturated heterocycles. The van der Waals surface area contributed by atoms with Crippen LogP contribution in [0.5, 0.6) is 0 Å². The molecular weight excluding hydrogens is 270 g/mol. The highest BCUT2D eigenvalue weighted by Crippen LogP contribution is 2.68. The molecule has 1 aliphatic carbocycles. The summed E-state index contributed by atoms with van der Waals surface area (Å²) in [6.07, 6.45) is -1.66. The largest absolute Gasteiger partial charge is 0.466 e. The highest BCUT2D eigenvalue weighted by Gasteiger charge is 2.78. The lowest BCUT2D eigenvalue weighted by Gasteiger charge is -2.30. The number of hydrogen-bond donors (Lipinski definition) is 2. The number of aliphatic hydroxyl groups is 2. The molecule has 114 valence electrons. The third kappa shape index (κ3) is 2.08. The third-order valence-corrected chi connectivity index (χ3v) is 4.92. The number of fused-ring (bicyclic) bond motifs is 1. The number of benzene rings is 1. The zero-order chi connectivity index (χ0) is 15.2. The predicted molar refractivity (Wildman–Crippen MR) is 75.7 cm³/mol. The molecule has 0 amide bonds. The summed E-state index contributed by atoms with van der Waals surface area (Å²) in [6, 6.07) is 9.68. The number of likely N-dealkylation sites (tertiary alicyclic amines) is 1. The molecular formula is C16H21NO4. The molecule has 0 aromatic heterocycles. The Kier molecular flexibility index (Phi) is 3.51. The summed E-state index contributed by atoms with van der Waals surface area (Å²) in [5.74, 6) is -0.979. The summed E-state index contributed by atoms with van der Waals surface area (Å²) < 4.78 is 5.04. The molecule has 1 saturated carbocycles. The molecule has 1 aromatic carbocycles. The monoisotopic (exact) mass is 291 g/mol. The number of aliphatic hydroxyl groups excluding tert-OH is 2. The van der Waals surface area contributed by atoms with E-state index in [4.69, 9.17) is 4.74 Å². The average molecular weight is 291 g/mol. The molecule has 5 heteroatoms. The minimum Gasteiger partial charge on any atom is -0.466 e. The lowest BCUT2D eigenvalue weighted by atomic mass is 10.0. The first kappa shape index (κ1) is 14.5. The number of nitrogens with zero attached hydrogens (tertiary/aromatic N) is 1. The fraction of sp³-hybridized carbons (Fsp3) is 0.562. The predicted octanol–water partition coefficient (Wildman–Crippen LogP) is 0.954. The standard InChI is InChI=1S/C16H21NO4/c1-3-21-14(19)12-11-13(18)17(15(20)16(11,12)2)9-10-7-5-4-6-8-10/h4-8,11-13,15,18,20H,3,9H2,1-2H3. The van der Waals surface area contributed by atoms with Crippen LogP contribution in [0.2, 0.25) is 0 Å². The summed E-state index contributed by atoms with van der Waals surface area (Å²) in [4.78, 5) is 13.6. The molecule has 0 spiro atoms. The van der Waals surface area contributed by atoms with E-state index < -0.39 is 23.8 Å². The number of esters is 1. The molecule has 5 atom stereocenters. The Morgan fingerprint density at radius 2 is 2.00 bits per heavy atom. The van der Waals surface area contributed by atoms with Gasteiger partial charge in [-0.1, -0.05) is 37.3 Å². The van der Waals surface area contributed by atoms with Crippen molar-refractivity contribution < 1.29 is 19.7 Å². The first-order chi connectivity index (χ1) is 10.0. The van der Waals surface area contributed by atoms with Gasteiger partial charge in [0.05, 0.1) is 12.5 Å². The van der Waals surface area contributed by atoms with Gasteiger partial charge in [-0.3, -0.25) is 4.79 Å². The molecule has 1 heterocycles. The topological polar surface area (TPSA) is 70.0 Å². The van der Waals surface area contributed by atoms with E-state index in [1.54, 1.807) is 11.8 Å². The van der Waals surface area contributed by atoms with Crippen molar-refractivity contribution >= 4 is 5.97 Å². The second-order valence-electron chi connectivity index (χ2n) is 6.07. The summed E-state index contributed by atoms with van der Waals surface area (Å²) in [7, 11) is 0. The SMILES string of the molecule is CCOC(=O)C1C2C(O)N(Cc3ccccc3)C(O)C12C. The number of hydrogen-bond acceptors (Lipinski definition) is 5. The summed E-state index contributed by atoms with van der Waals surface area (Å²) in [5, 5.41) is 21.0. The Bertz CT molecular complexity index is 534. The van der Waals surface area contributed by atoms with Crippen molar-refractivity contribution in [3.8, 4) is 0 Å². The van der Waals surface area contributed by atoms with Gasteiger partial charge < -0.3 is 14.9 Å². The van der Waals surface area contributed by atoms with E-state index in [-0.39, 0.29) is 11.9 Å². The Morgan fingerprint density at radius 3 is 2.52 bits per heavy atom.